The topological polar surface area (TPSA) is 0 Å². The molecule has 0 fully saturated rings. The smallest absolute Gasteiger partial charge is 0.0708 e. The highest BCUT2D eigenvalue weighted by molar-refractivity contribution is 9.11. The van der Waals surface area contributed by atoms with E-state index in [1.165, 1.54) is 28.5 Å². The van der Waals surface area contributed by atoms with E-state index < -0.39 is 0 Å². The second kappa shape index (κ2) is 2.92. The number of fused-ring (bicyclic) bond motifs is 3. The number of rotatable bonds is 0. The van der Waals surface area contributed by atoms with Gasteiger partial charge in [-0.3, -0.25) is 0 Å². The maximum absolute atomic E-state index is 3.53. The summed E-state index contributed by atoms with van der Waals surface area (Å²) >= 11 is 10.7. The molecule has 0 amide bonds. The summed E-state index contributed by atoms with van der Waals surface area (Å²) in [5.74, 6) is 0. The molecule has 66 valence electrons. The van der Waals surface area contributed by atoms with Crippen LogP contribution in [0.3, 0.4) is 0 Å². The third-order valence-electron chi connectivity index (χ3n) is 2.14. The Balaban J connectivity index is 2.28. The Hall–Kier alpha value is 0.360. The second-order valence-corrected chi connectivity index (χ2v) is 7.85. The van der Waals surface area contributed by atoms with Crippen molar-refractivity contribution in [3.8, 4) is 9.75 Å². The van der Waals surface area contributed by atoms with Crippen LogP contribution >= 0.6 is 54.5 Å². The molecule has 0 bridgehead atoms. The maximum Gasteiger partial charge on any atom is 0.0708 e. The van der Waals surface area contributed by atoms with Crippen LogP contribution in [-0.2, 0) is 6.42 Å². The zero-order valence-corrected chi connectivity index (χ0v) is 11.2. The van der Waals surface area contributed by atoms with E-state index in [2.05, 4.69) is 44.0 Å². The van der Waals surface area contributed by atoms with E-state index in [1.54, 1.807) is 0 Å². The maximum atomic E-state index is 3.53. The predicted octanol–water partition coefficient (Wildman–Crippen LogP) is 4.91. The minimum atomic E-state index is 1.11. The first-order chi connectivity index (χ1) is 6.24. The van der Waals surface area contributed by atoms with Gasteiger partial charge in [0.05, 0.1) is 7.57 Å². The van der Waals surface area contributed by atoms with Crippen LogP contribution in [0.5, 0.6) is 0 Å². The van der Waals surface area contributed by atoms with E-state index in [9.17, 15) is 0 Å². The van der Waals surface area contributed by atoms with Gasteiger partial charge in [0.1, 0.15) is 0 Å². The lowest BCUT2D eigenvalue weighted by molar-refractivity contribution is 1.28. The van der Waals surface area contributed by atoms with Gasteiger partial charge in [0.15, 0.2) is 0 Å². The van der Waals surface area contributed by atoms with E-state index in [1.807, 2.05) is 22.7 Å². The van der Waals surface area contributed by atoms with Gasteiger partial charge in [-0.2, -0.15) is 0 Å². The molecule has 0 atom stereocenters. The summed E-state index contributed by atoms with van der Waals surface area (Å²) in [5, 5.41) is 0. The van der Waals surface area contributed by atoms with Crippen molar-refractivity contribution in [1.82, 2.24) is 0 Å². The highest BCUT2D eigenvalue weighted by Gasteiger charge is 2.23. The second-order valence-electron chi connectivity index (χ2n) is 2.99. The molecule has 4 heteroatoms. The monoisotopic (exact) mass is 334 g/mol. The van der Waals surface area contributed by atoms with Crippen LogP contribution in [0.4, 0.5) is 0 Å². The summed E-state index contributed by atoms with van der Waals surface area (Å²) in [6.07, 6.45) is 1.11. The lowest BCUT2D eigenvalue weighted by Crippen LogP contribution is -1.73. The fourth-order valence-electron chi connectivity index (χ4n) is 1.64. The van der Waals surface area contributed by atoms with E-state index in [0.717, 1.165) is 6.42 Å². The van der Waals surface area contributed by atoms with Crippen molar-refractivity contribution in [3.05, 3.63) is 30.8 Å². The van der Waals surface area contributed by atoms with Gasteiger partial charge in [-0.15, -0.1) is 22.7 Å². The molecular weight excluding hydrogens is 332 g/mol. The van der Waals surface area contributed by atoms with Gasteiger partial charge in [-0.1, -0.05) is 0 Å². The van der Waals surface area contributed by atoms with Gasteiger partial charge >= 0.3 is 0 Å². The molecule has 0 radical (unpaired) electrons. The van der Waals surface area contributed by atoms with E-state index in [-0.39, 0.29) is 0 Å². The Bertz CT molecular complexity index is 438. The van der Waals surface area contributed by atoms with Crippen LogP contribution in [0.2, 0.25) is 0 Å². The van der Waals surface area contributed by atoms with Crippen LogP contribution < -0.4 is 0 Å². The van der Waals surface area contributed by atoms with Crippen molar-refractivity contribution in [1.29, 1.82) is 0 Å². The molecule has 2 aromatic heterocycles. The summed E-state index contributed by atoms with van der Waals surface area (Å²) in [7, 11) is 0. The van der Waals surface area contributed by atoms with Gasteiger partial charge in [-0.05, 0) is 55.1 Å². The molecular formula is C9H4Br2S2. The standard InChI is InChI=1S/C9H4Br2S2/c10-6-2-4-1-5-3-7(11)13-9(5)8(4)12-6/h2-3H,1H2. The van der Waals surface area contributed by atoms with Crippen molar-refractivity contribution in [2.75, 3.05) is 0 Å². The quantitative estimate of drug-likeness (QED) is 0.547. The average Bonchev–Trinajstić information content (AvgIpc) is 2.60. The Morgan fingerprint density at radius 2 is 1.38 bits per heavy atom. The minimum Gasteiger partial charge on any atom is -0.127 e. The number of hydrogen-bond acceptors (Lipinski definition) is 2. The first-order valence-electron chi connectivity index (χ1n) is 3.81. The molecule has 0 spiro atoms. The van der Waals surface area contributed by atoms with Crippen LogP contribution in [0, 0.1) is 0 Å². The lowest BCUT2D eigenvalue weighted by Gasteiger charge is -1.85. The Morgan fingerprint density at radius 3 is 1.85 bits per heavy atom. The molecule has 1 aliphatic rings. The summed E-state index contributed by atoms with van der Waals surface area (Å²) in [4.78, 5) is 2.91. The summed E-state index contributed by atoms with van der Waals surface area (Å²) in [5.41, 5.74) is 2.95. The molecule has 1 aliphatic carbocycles. The normalized spacial score (nSPS) is 13.1. The highest BCUT2D eigenvalue weighted by atomic mass is 79.9. The largest absolute Gasteiger partial charge is 0.127 e. The summed E-state index contributed by atoms with van der Waals surface area (Å²) in [6.45, 7) is 0. The molecule has 0 saturated heterocycles. The fraction of sp³-hybridized carbons (Fsp3) is 0.111. The molecule has 0 N–H and O–H groups in total. The fourth-order valence-corrected chi connectivity index (χ4v) is 5.18. The van der Waals surface area contributed by atoms with Gasteiger partial charge < -0.3 is 0 Å². The van der Waals surface area contributed by atoms with Crippen molar-refractivity contribution >= 4 is 54.5 Å². The van der Waals surface area contributed by atoms with E-state index >= 15 is 0 Å². The zero-order chi connectivity index (χ0) is 9.00. The van der Waals surface area contributed by atoms with Crippen LogP contribution in [0.15, 0.2) is 19.7 Å². The van der Waals surface area contributed by atoms with Gasteiger partial charge in [0, 0.05) is 16.2 Å². The van der Waals surface area contributed by atoms with Crippen molar-refractivity contribution < 1.29 is 0 Å². The van der Waals surface area contributed by atoms with Gasteiger partial charge in [-0.25, -0.2) is 0 Å². The molecule has 0 aliphatic heterocycles. The molecule has 2 heterocycles. The van der Waals surface area contributed by atoms with Crippen molar-refractivity contribution in [2.24, 2.45) is 0 Å². The molecule has 13 heavy (non-hydrogen) atoms. The first-order valence-corrected chi connectivity index (χ1v) is 7.03. The minimum absolute atomic E-state index is 1.11. The van der Waals surface area contributed by atoms with Crippen LogP contribution in [-0.4, -0.2) is 0 Å². The third-order valence-corrected chi connectivity index (χ3v) is 5.67. The van der Waals surface area contributed by atoms with Crippen molar-refractivity contribution in [3.63, 3.8) is 0 Å². The number of hydrogen-bond donors (Lipinski definition) is 0. The molecule has 2 aromatic rings. The molecule has 3 rings (SSSR count). The summed E-state index contributed by atoms with van der Waals surface area (Å²) < 4.78 is 2.49. The summed E-state index contributed by atoms with van der Waals surface area (Å²) in [6, 6.07) is 4.47. The first kappa shape index (κ1) is 8.65. The lowest BCUT2D eigenvalue weighted by atomic mass is 10.2. The Kier molecular flexibility index (Phi) is 1.95. The number of thiophene rings is 2. The molecule has 0 unspecified atom stereocenters. The molecule has 0 aromatic carbocycles. The van der Waals surface area contributed by atoms with Gasteiger partial charge in [0.25, 0.3) is 0 Å². The van der Waals surface area contributed by atoms with Crippen LogP contribution in [0.1, 0.15) is 11.1 Å². The molecule has 0 nitrogen and oxygen atoms in total. The molecule has 0 saturated carbocycles. The zero-order valence-electron chi connectivity index (χ0n) is 6.43. The average molecular weight is 336 g/mol. The van der Waals surface area contributed by atoms with Crippen molar-refractivity contribution in [2.45, 2.75) is 6.42 Å². The SMILES string of the molecule is Brc1cc2c(s1)-c1sc(Br)cc1C2. The Morgan fingerprint density at radius 1 is 0.923 bits per heavy atom. The predicted molar refractivity (Wildman–Crippen MR) is 65.8 cm³/mol. The van der Waals surface area contributed by atoms with E-state index in [0.29, 0.717) is 0 Å². The highest BCUT2D eigenvalue weighted by Crippen LogP contribution is 2.48. The van der Waals surface area contributed by atoms with Crippen LogP contribution in [0.25, 0.3) is 9.75 Å². The Labute approximate surface area is 101 Å². The number of halogens is 2. The van der Waals surface area contributed by atoms with E-state index in [4.69, 9.17) is 0 Å². The van der Waals surface area contributed by atoms with Gasteiger partial charge in [0.2, 0.25) is 0 Å². The third kappa shape index (κ3) is 1.27.